The minimum atomic E-state index is -0.730. The Hall–Kier alpha value is -1.39. The molecule has 0 saturated heterocycles. The van der Waals surface area contributed by atoms with Crippen molar-refractivity contribution in [3.05, 3.63) is 35.9 Å². The van der Waals surface area contributed by atoms with Crippen LogP contribution in [0.3, 0.4) is 0 Å². The standard InChI is InChI=1S/C19H27NO3/c1-3-23-17-13-16(19(17)10-7-11-19)20(2)18(22)12-15(21)14-8-5-4-6-9-14/h4-6,8-9,15-17,21H,3,7,10-13H2,1-2H3. The number of hydrogen-bond donors (Lipinski definition) is 1. The van der Waals surface area contributed by atoms with Gasteiger partial charge < -0.3 is 14.7 Å². The minimum absolute atomic E-state index is 0.0209. The molecule has 2 fully saturated rings. The molecule has 4 nitrogen and oxygen atoms in total. The van der Waals surface area contributed by atoms with Gasteiger partial charge in [-0.3, -0.25) is 4.79 Å². The minimum Gasteiger partial charge on any atom is -0.388 e. The average molecular weight is 317 g/mol. The van der Waals surface area contributed by atoms with Gasteiger partial charge in [-0.05, 0) is 31.7 Å². The Labute approximate surface area is 138 Å². The third kappa shape index (κ3) is 2.90. The van der Waals surface area contributed by atoms with E-state index in [1.165, 1.54) is 6.42 Å². The van der Waals surface area contributed by atoms with Gasteiger partial charge >= 0.3 is 0 Å². The topological polar surface area (TPSA) is 49.8 Å². The van der Waals surface area contributed by atoms with Crippen molar-refractivity contribution in [3.8, 4) is 0 Å². The van der Waals surface area contributed by atoms with Gasteiger partial charge in [0.05, 0.1) is 18.6 Å². The van der Waals surface area contributed by atoms with Gasteiger partial charge in [-0.2, -0.15) is 0 Å². The summed E-state index contributed by atoms with van der Waals surface area (Å²) in [6.07, 6.45) is 4.19. The molecule has 2 aliphatic rings. The highest BCUT2D eigenvalue weighted by molar-refractivity contribution is 5.77. The van der Waals surface area contributed by atoms with E-state index in [-0.39, 0.29) is 23.8 Å². The van der Waals surface area contributed by atoms with Crippen molar-refractivity contribution < 1.29 is 14.6 Å². The Morgan fingerprint density at radius 1 is 1.39 bits per heavy atom. The van der Waals surface area contributed by atoms with E-state index < -0.39 is 6.10 Å². The summed E-state index contributed by atoms with van der Waals surface area (Å²) < 4.78 is 5.86. The highest BCUT2D eigenvalue weighted by Gasteiger charge is 2.60. The largest absolute Gasteiger partial charge is 0.388 e. The second-order valence-electron chi connectivity index (χ2n) is 6.92. The molecule has 0 aromatic heterocycles. The van der Waals surface area contributed by atoms with Crippen molar-refractivity contribution in [3.63, 3.8) is 0 Å². The lowest BCUT2D eigenvalue weighted by Crippen LogP contribution is -2.67. The third-order valence-corrected chi connectivity index (χ3v) is 5.81. The number of nitrogens with zero attached hydrogens (tertiary/aromatic N) is 1. The van der Waals surface area contributed by atoms with Gasteiger partial charge in [-0.1, -0.05) is 36.8 Å². The molecule has 1 N–H and O–H groups in total. The van der Waals surface area contributed by atoms with Gasteiger partial charge in [0.1, 0.15) is 0 Å². The first-order valence-corrected chi connectivity index (χ1v) is 8.68. The van der Waals surface area contributed by atoms with Crippen LogP contribution in [0.2, 0.25) is 0 Å². The summed E-state index contributed by atoms with van der Waals surface area (Å²) in [5.74, 6) is 0.0209. The van der Waals surface area contributed by atoms with Gasteiger partial charge in [0.2, 0.25) is 5.91 Å². The van der Waals surface area contributed by atoms with Crippen LogP contribution >= 0.6 is 0 Å². The third-order valence-electron chi connectivity index (χ3n) is 5.81. The molecule has 0 radical (unpaired) electrons. The van der Waals surface area contributed by atoms with Crippen molar-refractivity contribution in [2.45, 2.75) is 57.3 Å². The van der Waals surface area contributed by atoms with E-state index in [1.807, 2.05) is 49.2 Å². The molecule has 2 aliphatic carbocycles. The van der Waals surface area contributed by atoms with Crippen molar-refractivity contribution in [2.24, 2.45) is 5.41 Å². The van der Waals surface area contributed by atoms with Gasteiger partial charge in [0.25, 0.3) is 0 Å². The van der Waals surface area contributed by atoms with Crippen molar-refractivity contribution in [1.82, 2.24) is 4.90 Å². The fourth-order valence-electron chi connectivity index (χ4n) is 4.22. The Morgan fingerprint density at radius 2 is 2.09 bits per heavy atom. The van der Waals surface area contributed by atoms with E-state index in [2.05, 4.69) is 0 Å². The lowest BCUT2D eigenvalue weighted by atomic mass is 9.50. The summed E-state index contributed by atoms with van der Waals surface area (Å²) >= 11 is 0. The van der Waals surface area contributed by atoms with Crippen LogP contribution in [0, 0.1) is 5.41 Å². The zero-order chi connectivity index (χ0) is 16.4. The van der Waals surface area contributed by atoms with Crippen molar-refractivity contribution in [1.29, 1.82) is 0 Å². The monoisotopic (exact) mass is 317 g/mol. The predicted octanol–water partition coefficient (Wildman–Crippen LogP) is 2.92. The van der Waals surface area contributed by atoms with E-state index in [0.717, 1.165) is 31.4 Å². The zero-order valence-corrected chi connectivity index (χ0v) is 14.1. The molecule has 1 amide bonds. The first-order valence-electron chi connectivity index (χ1n) is 8.68. The Kier molecular flexibility index (Phi) is 4.74. The van der Waals surface area contributed by atoms with Crippen molar-refractivity contribution in [2.75, 3.05) is 13.7 Å². The van der Waals surface area contributed by atoms with E-state index in [1.54, 1.807) is 0 Å². The average Bonchev–Trinajstić information content (AvgIpc) is 2.49. The van der Waals surface area contributed by atoms with Gasteiger partial charge in [0.15, 0.2) is 0 Å². The number of aliphatic hydroxyl groups excluding tert-OH is 1. The number of aliphatic hydroxyl groups is 1. The van der Waals surface area contributed by atoms with Crippen LogP contribution in [0.25, 0.3) is 0 Å². The number of hydrogen-bond acceptors (Lipinski definition) is 3. The summed E-state index contributed by atoms with van der Waals surface area (Å²) in [4.78, 5) is 14.4. The maximum absolute atomic E-state index is 12.6. The first kappa shape index (κ1) is 16.5. The molecule has 3 rings (SSSR count). The van der Waals surface area contributed by atoms with Crippen LogP contribution in [0.1, 0.15) is 50.7 Å². The maximum Gasteiger partial charge on any atom is 0.225 e. The number of amides is 1. The molecule has 1 spiro atoms. The predicted molar refractivity (Wildman–Crippen MR) is 88.9 cm³/mol. The maximum atomic E-state index is 12.6. The molecule has 0 aliphatic heterocycles. The number of rotatable bonds is 6. The molecule has 3 atom stereocenters. The molecule has 126 valence electrons. The number of carbonyl (C=O) groups is 1. The van der Waals surface area contributed by atoms with Crippen molar-refractivity contribution >= 4 is 5.91 Å². The summed E-state index contributed by atoms with van der Waals surface area (Å²) in [7, 11) is 1.88. The molecule has 1 aromatic rings. The van der Waals surface area contributed by atoms with Crippen LogP contribution in [0.15, 0.2) is 30.3 Å². The second-order valence-corrected chi connectivity index (χ2v) is 6.92. The molecule has 2 saturated carbocycles. The van der Waals surface area contributed by atoms with Crippen LogP contribution < -0.4 is 0 Å². The molecule has 4 heteroatoms. The van der Waals surface area contributed by atoms with Gasteiger partial charge in [-0.25, -0.2) is 0 Å². The molecular formula is C19H27NO3. The quantitative estimate of drug-likeness (QED) is 0.877. The second kappa shape index (κ2) is 6.62. The normalized spacial score (nSPS) is 26.2. The van der Waals surface area contributed by atoms with Crippen LogP contribution in [-0.4, -0.2) is 41.7 Å². The van der Waals surface area contributed by atoms with Crippen LogP contribution in [0.5, 0.6) is 0 Å². The smallest absolute Gasteiger partial charge is 0.225 e. The van der Waals surface area contributed by atoms with E-state index in [4.69, 9.17) is 4.74 Å². The summed E-state index contributed by atoms with van der Waals surface area (Å²) in [6, 6.07) is 9.67. The molecule has 0 heterocycles. The summed E-state index contributed by atoms with van der Waals surface area (Å²) in [5.41, 5.74) is 0.978. The number of ether oxygens (including phenoxy) is 1. The zero-order valence-electron chi connectivity index (χ0n) is 14.1. The number of benzene rings is 1. The Balaban J connectivity index is 1.60. The number of carbonyl (C=O) groups excluding carboxylic acids is 1. The Bertz CT molecular complexity index is 541. The van der Waals surface area contributed by atoms with Crippen LogP contribution in [0.4, 0.5) is 0 Å². The summed E-state index contributed by atoms with van der Waals surface area (Å²) in [5, 5.41) is 10.3. The highest BCUT2D eigenvalue weighted by Crippen LogP contribution is 2.59. The fraction of sp³-hybridized carbons (Fsp3) is 0.632. The molecule has 1 aromatic carbocycles. The molecule has 23 heavy (non-hydrogen) atoms. The lowest BCUT2D eigenvalue weighted by Gasteiger charge is -2.63. The van der Waals surface area contributed by atoms with Gasteiger partial charge in [0, 0.05) is 25.1 Å². The Morgan fingerprint density at radius 3 is 2.65 bits per heavy atom. The van der Waals surface area contributed by atoms with E-state index >= 15 is 0 Å². The first-order chi connectivity index (χ1) is 11.1. The van der Waals surface area contributed by atoms with E-state index in [9.17, 15) is 9.90 Å². The fourth-order valence-corrected chi connectivity index (χ4v) is 4.22. The van der Waals surface area contributed by atoms with Gasteiger partial charge in [-0.15, -0.1) is 0 Å². The molecule has 3 unspecified atom stereocenters. The van der Waals surface area contributed by atoms with Crippen LogP contribution in [-0.2, 0) is 9.53 Å². The molecule has 0 bridgehead atoms. The SMILES string of the molecule is CCOC1CC(N(C)C(=O)CC(O)c2ccccc2)C12CCC2. The summed E-state index contributed by atoms with van der Waals surface area (Å²) in [6.45, 7) is 2.77. The highest BCUT2D eigenvalue weighted by atomic mass is 16.5. The van der Waals surface area contributed by atoms with E-state index in [0.29, 0.717) is 6.10 Å². The molecular weight excluding hydrogens is 290 g/mol. The lowest BCUT2D eigenvalue weighted by molar-refractivity contribution is -0.203.